The highest BCUT2D eigenvalue weighted by Gasteiger charge is 2.24. The number of hydrogen-bond acceptors (Lipinski definition) is 4. The number of nitrogens with zero attached hydrogens (tertiary/aromatic N) is 1. The number of hydrogen-bond donors (Lipinski definition) is 3. The lowest BCUT2D eigenvalue weighted by atomic mass is 10.1. The molecule has 2 aliphatic heterocycles. The van der Waals surface area contributed by atoms with Gasteiger partial charge in [-0.2, -0.15) is 0 Å². The summed E-state index contributed by atoms with van der Waals surface area (Å²) in [6, 6.07) is 0. The molecule has 0 aliphatic carbocycles. The number of allylic oxidation sites excluding steroid dienone is 3. The van der Waals surface area contributed by atoms with E-state index in [9.17, 15) is 15.3 Å². The maximum absolute atomic E-state index is 9.43. The second kappa shape index (κ2) is 2.58. The molecule has 0 aromatic heterocycles. The first-order chi connectivity index (χ1) is 6.20. The van der Waals surface area contributed by atoms with Gasteiger partial charge in [-0.25, -0.2) is 0 Å². The maximum atomic E-state index is 9.43. The Kier molecular flexibility index (Phi) is 1.55. The molecule has 0 bridgehead atoms. The van der Waals surface area contributed by atoms with Crippen LogP contribution in [0.1, 0.15) is 0 Å². The van der Waals surface area contributed by atoms with Gasteiger partial charge in [0, 0.05) is 6.20 Å². The summed E-state index contributed by atoms with van der Waals surface area (Å²) >= 11 is 0. The first-order valence-corrected chi connectivity index (χ1v) is 3.86. The van der Waals surface area contributed by atoms with Gasteiger partial charge in [-0.05, 0) is 12.2 Å². The average Bonchev–Trinajstić information content (AvgIpc) is 2.15. The van der Waals surface area contributed by atoms with Crippen LogP contribution in [0.3, 0.4) is 0 Å². The van der Waals surface area contributed by atoms with Crippen LogP contribution in [0, 0.1) is 0 Å². The molecule has 0 fully saturated rings. The molecule has 0 aromatic rings. The lowest BCUT2D eigenvalue weighted by Gasteiger charge is -2.27. The summed E-state index contributed by atoms with van der Waals surface area (Å²) in [5, 5.41) is 27.9. The van der Waals surface area contributed by atoms with Crippen molar-refractivity contribution in [1.82, 2.24) is 4.90 Å². The van der Waals surface area contributed by atoms with Crippen LogP contribution in [-0.4, -0.2) is 26.8 Å². The highest BCUT2D eigenvalue weighted by Crippen LogP contribution is 2.25. The predicted octanol–water partition coefficient (Wildman–Crippen LogP) is 1.48. The van der Waals surface area contributed by atoms with Gasteiger partial charge in [0.15, 0.2) is 17.3 Å². The zero-order valence-corrected chi connectivity index (χ0v) is 6.81. The first kappa shape index (κ1) is 7.79. The van der Waals surface area contributed by atoms with Crippen LogP contribution in [0.4, 0.5) is 0 Å². The Balaban J connectivity index is 2.50. The van der Waals surface area contributed by atoms with Crippen molar-refractivity contribution in [3.05, 3.63) is 47.4 Å². The van der Waals surface area contributed by atoms with E-state index in [0.717, 1.165) is 0 Å². The third-order valence-corrected chi connectivity index (χ3v) is 2.00. The molecule has 4 heteroatoms. The van der Waals surface area contributed by atoms with E-state index in [0.29, 0.717) is 5.70 Å². The quantitative estimate of drug-likeness (QED) is 0.527. The number of rotatable bonds is 0. The van der Waals surface area contributed by atoms with E-state index in [2.05, 4.69) is 0 Å². The summed E-state index contributed by atoms with van der Waals surface area (Å²) in [4.78, 5) is 1.64. The van der Waals surface area contributed by atoms with Crippen molar-refractivity contribution in [2.75, 3.05) is 6.54 Å². The van der Waals surface area contributed by atoms with Crippen LogP contribution in [0.5, 0.6) is 0 Å². The van der Waals surface area contributed by atoms with Crippen molar-refractivity contribution < 1.29 is 15.3 Å². The molecule has 0 saturated heterocycles. The fourth-order valence-electron chi connectivity index (χ4n) is 1.32. The fourth-order valence-corrected chi connectivity index (χ4v) is 1.32. The monoisotopic (exact) mass is 179 g/mol. The molecule has 2 heterocycles. The molecule has 0 radical (unpaired) electrons. The Labute approximate surface area is 75.0 Å². The Morgan fingerprint density at radius 1 is 1.08 bits per heavy atom. The second-order valence-electron chi connectivity index (χ2n) is 2.86. The molecular formula is C9H9NO3. The van der Waals surface area contributed by atoms with Crippen LogP contribution < -0.4 is 0 Å². The van der Waals surface area contributed by atoms with Gasteiger partial charge in [0.05, 0.1) is 12.2 Å². The Morgan fingerprint density at radius 3 is 2.62 bits per heavy atom. The molecule has 2 aliphatic rings. The third-order valence-electron chi connectivity index (χ3n) is 2.00. The van der Waals surface area contributed by atoms with E-state index in [1.165, 1.54) is 0 Å². The molecule has 0 aromatic carbocycles. The standard InChI is InChI=1S/C9H9NO3/c11-7-5-10-4-2-1-3-6(10)8(12)9(7)13/h1-4,11-13H,5H2. The lowest BCUT2D eigenvalue weighted by Crippen LogP contribution is -2.26. The van der Waals surface area contributed by atoms with E-state index < -0.39 is 5.76 Å². The zero-order chi connectivity index (χ0) is 9.42. The molecule has 68 valence electrons. The van der Waals surface area contributed by atoms with Crippen LogP contribution in [0.2, 0.25) is 0 Å². The fraction of sp³-hybridized carbons (Fsp3) is 0.111. The van der Waals surface area contributed by atoms with Crippen molar-refractivity contribution >= 4 is 0 Å². The summed E-state index contributed by atoms with van der Waals surface area (Å²) in [5.41, 5.74) is 0.498. The van der Waals surface area contributed by atoms with Gasteiger partial charge in [-0.15, -0.1) is 0 Å². The highest BCUT2D eigenvalue weighted by molar-refractivity contribution is 5.40. The van der Waals surface area contributed by atoms with E-state index in [1.54, 1.807) is 29.3 Å². The Hall–Kier alpha value is -1.84. The normalized spacial score (nSPS) is 21.1. The molecule has 0 atom stereocenters. The van der Waals surface area contributed by atoms with Crippen molar-refractivity contribution in [2.45, 2.75) is 0 Å². The van der Waals surface area contributed by atoms with Crippen LogP contribution in [0.25, 0.3) is 0 Å². The summed E-state index contributed by atoms with van der Waals surface area (Å²) in [5.74, 6) is -0.947. The van der Waals surface area contributed by atoms with Crippen LogP contribution >= 0.6 is 0 Å². The molecule has 0 saturated carbocycles. The molecular weight excluding hydrogens is 170 g/mol. The van der Waals surface area contributed by atoms with Crippen molar-refractivity contribution in [3.8, 4) is 0 Å². The van der Waals surface area contributed by atoms with Crippen molar-refractivity contribution in [2.24, 2.45) is 0 Å². The van der Waals surface area contributed by atoms with Crippen LogP contribution in [-0.2, 0) is 0 Å². The molecule has 0 unspecified atom stereocenters. The van der Waals surface area contributed by atoms with Crippen LogP contribution in [0.15, 0.2) is 47.4 Å². The topological polar surface area (TPSA) is 63.9 Å². The predicted molar refractivity (Wildman–Crippen MR) is 46.9 cm³/mol. The van der Waals surface area contributed by atoms with Gasteiger partial charge >= 0.3 is 0 Å². The second-order valence-corrected chi connectivity index (χ2v) is 2.86. The molecule has 2 rings (SSSR count). The van der Waals surface area contributed by atoms with Gasteiger partial charge in [0.1, 0.15) is 0 Å². The lowest BCUT2D eigenvalue weighted by molar-refractivity contribution is 0.235. The highest BCUT2D eigenvalue weighted by atomic mass is 16.3. The minimum Gasteiger partial charge on any atom is -0.507 e. The van der Waals surface area contributed by atoms with E-state index in [-0.39, 0.29) is 18.1 Å². The van der Waals surface area contributed by atoms with Crippen molar-refractivity contribution in [1.29, 1.82) is 0 Å². The van der Waals surface area contributed by atoms with E-state index in [1.807, 2.05) is 0 Å². The Morgan fingerprint density at radius 2 is 1.85 bits per heavy atom. The largest absolute Gasteiger partial charge is 0.507 e. The zero-order valence-electron chi connectivity index (χ0n) is 6.81. The van der Waals surface area contributed by atoms with Gasteiger partial charge in [0.25, 0.3) is 0 Å². The Bertz CT molecular complexity index is 363. The van der Waals surface area contributed by atoms with Gasteiger partial charge in [-0.3, -0.25) is 0 Å². The summed E-state index contributed by atoms with van der Waals surface area (Å²) in [6.07, 6.45) is 6.91. The number of fused-ring (bicyclic) bond motifs is 1. The van der Waals surface area contributed by atoms with Gasteiger partial charge in [0.2, 0.25) is 0 Å². The van der Waals surface area contributed by atoms with Crippen molar-refractivity contribution in [3.63, 3.8) is 0 Å². The minimum absolute atomic E-state index is 0.187. The summed E-state index contributed by atoms with van der Waals surface area (Å²) in [7, 11) is 0. The summed E-state index contributed by atoms with van der Waals surface area (Å²) < 4.78 is 0. The molecule has 4 nitrogen and oxygen atoms in total. The smallest absolute Gasteiger partial charge is 0.200 e. The molecule has 0 spiro atoms. The van der Waals surface area contributed by atoms with Gasteiger partial charge < -0.3 is 20.2 Å². The first-order valence-electron chi connectivity index (χ1n) is 3.86. The number of aliphatic hydroxyl groups is 3. The SMILES string of the molecule is OC1=C(O)C(O)=C2C=CC=CN2C1. The minimum atomic E-state index is -0.439. The maximum Gasteiger partial charge on any atom is 0.200 e. The van der Waals surface area contributed by atoms with Gasteiger partial charge in [-0.1, -0.05) is 6.08 Å². The molecule has 13 heavy (non-hydrogen) atoms. The molecule has 0 amide bonds. The average molecular weight is 179 g/mol. The molecule has 3 N–H and O–H groups in total. The summed E-state index contributed by atoms with van der Waals surface area (Å²) in [6.45, 7) is 0.187. The van der Waals surface area contributed by atoms with E-state index >= 15 is 0 Å². The van der Waals surface area contributed by atoms with E-state index in [4.69, 9.17) is 0 Å². The number of aliphatic hydroxyl groups excluding tert-OH is 3. The third kappa shape index (κ3) is 1.07.